The molecule has 0 bridgehead atoms. The third-order valence-corrected chi connectivity index (χ3v) is 4.59. The number of methoxy groups -OCH3 is 1. The number of carbonyl (C=O) groups excluding carboxylic acids is 1. The molecular formula is C15H12N4O6S. The van der Waals surface area contributed by atoms with E-state index in [1.807, 2.05) is 0 Å². The Morgan fingerprint density at radius 2 is 2.12 bits per heavy atom. The van der Waals surface area contributed by atoms with E-state index in [1.165, 1.54) is 21.8 Å². The Labute approximate surface area is 149 Å². The number of aromatic nitrogens is 3. The van der Waals surface area contributed by atoms with Crippen molar-refractivity contribution in [3.05, 3.63) is 71.5 Å². The fourth-order valence-electron chi connectivity index (χ4n) is 2.45. The summed E-state index contributed by atoms with van der Waals surface area (Å²) in [6, 6.07) is 2.11. The standard InChI is InChI=1S/C15H12N4O6S/c1-8-7-26-15-16-10(4-12(20)18(8)15)6-17-5-9(14(22)25-2)3-11(13(17)21)19(23)24/h3-5,7H,6H2,1-2H3. The van der Waals surface area contributed by atoms with E-state index in [2.05, 4.69) is 9.72 Å². The first kappa shape index (κ1) is 17.5. The van der Waals surface area contributed by atoms with Crippen LogP contribution < -0.4 is 11.1 Å². The zero-order valence-corrected chi connectivity index (χ0v) is 14.5. The first-order valence-corrected chi connectivity index (χ1v) is 8.13. The lowest BCUT2D eigenvalue weighted by Crippen LogP contribution is -2.26. The SMILES string of the molecule is COC(=O)c1cc([N+](=O)[O-])c(=O)n(Cc2cc(=O)n3c(C)csc3n2)c1. The number of carbonyl (C=O) groups is 1. The molecule has 3 aromatic heterocycles. The van der Waals surface area contributed by atoms with Gasteiger partial charge in [0, 0.05) is 29.4 Å². The molecule has 0 saturated heterocycles. The number of hydrogen-bond acceptors (Lipinski definition) is 8. The summed E-state index contributed by atoms with van der Waals surface area (Å²) in [4.78, 5) is 51.2. The largest absolute Gasteiger partial charge is 0.465 e. The Balaban J connectivity index is 2.13. The number of rotatable bonds is 4. The molecule has 0 fully saturated rings. The summed E-state index contributed by atoms with van der Waals surface area (Å²) in [6.07, 6.45) is 1.14. The van der Waals surface area contributed by atoms with Crippen molar-refractivity contribution >= 4 is 28.0 Å². The predicted octanol–water partition coefficient (Wildman–Crippen LogP) is 0.969. The van der Waals surface area contributed by atoms with Crippen molar-refractivity contribution in [1.82, 2.24) is 14.0 Å². The summed E-state index contributed by atoms with van der Waals surface area (Å²) in [6.45, 7) is 1.56. The van der Waals surface area contributed by atoms with Crippen LogP contribution in [0.25, 0.3) is 4.96 Å². The zero-order chi connectivity index (χ0) is 19.0. The van der Waals surface area contributed by atoms with E-state index in [-0.39, 0.29) is 23.4 Å². The van der Waals surface area contributed by atoms with Crippen LogP contribution in [-0.4, -0.2) is 32.0 Å². The molecule has 0 unspecified atom stereocenters. The highest BCUT2D eigenvalue weighted by atomic mass is 32.1. The van der Waals surface area contributed by atoms with E-state index in [9.17, 15) is 24.5 Å². The molecule has 0 radical (unpaired) electrons. The normalized spacial score (nSPS) is 10.8. The Morgan fingerprint density at radius 3 is 2.77 bits per heavy atom. The minimum Gasteiger partial charge on any atom is -0.465 e. The molecule has 11 heteroatoms. The molecule has 0 aliphatic carbocycles. The van der Waals surface area contributed by atoms with Gasteiger partial charge in [-0.15, -0.1) is 11.3 Å². The second kappa shape index (κ2) is 6.52. The minimum atomic E-state index is -0.910. The van der Waals surface area contributed by atoms with Gasteiger partial charge in [-0.25, -0.2) is 9.78 Å². The van der Waals surface area contributed by atoms with Gasteiger partial charge in [0.2, 0.25) is 0 Å². The van der Waals surface area contributed by atoms with E-state index in [0.29, 0.717) is 4.96 Å². The average Bonchev–Trinajstić information content (AvgIpc) is 2.97. The van der Waals surface area contributed by atoms with E-state index >= 15 is 0 Å². The number of nitro groups is 1. The first-order chi connectivity index (χ1) is 12.3. The smallest absolute Gasteiger partial charge is 0.339 e. The van der Waals surface area contributed by atoms with Gasteiger partial charge in [-0.05, 0) is 6.92 Å². The van der Waals surface area contributed by atoms with Crippen LogP contribution in [-0.2, 0) is 11.3 Å². The lowest BCUT2D eigenvalue weighted by Gasteiger charge is -2.08. The topological polar surface area (TPSA) is 126 Å². The van der Waals surface area contributed by atoms with E-state index in [4.69, 9.17) is 0 Å². The predicted molar refractivity (Wildman–Crippen MR) is 91.9 cm³/mol. The van der Waals surface area contributed by atoms with Gasteiger partial charge in [-0.3, -0.25) is 24.1 Å². The molecular weight excluding hydrogens is 364 g/mol. The molecule has 3 aromatic rings. The Hall–Kier alpha value is -3.34. The van der Waals surface area contributed by atoms with Crippen LogP contribution in [0.15, 0.2) is 33.3 Å². The molecule has 26 heavy (non-hydrogen) atoms. The average molecular weight is 376 g/mol. The maximum atomic E-state index is 12.3. The number of esters is 1. The van der Waals surface area contributed by atoms with Gasteiger partial charge in [0.25, 0.3) is 5.56 Å². The van der Waals surface area contributed by atoms with Gasteiger partial charge in [0.15, 0.2) is 4.96 Å². The Kier molecular flexibility index (Phi) is 4.38. The second-order valence-corrected chi connectivity index (χ2v) is 6.21. The minimum absolute atomic E-state index is 0.149. The number of thiazole rings is 1. The van der Waals surface area contributed by atoms with E-state index < -0.39 is 22.1 Å². The fraction of sp³-hybridized carbons (Fsp3) is 0.200. The summed E-state index contributed by atoms with van der Waals surface area (Å²) < 4.78 is 6.93. The highest BCUT2D eigenvalue weighted by Gasteiger charge is 2.20. The van der Waals surface area contributed by atoms with E-state index in [1.54, 1.807) is 12.3 Å². The van der Waals surface area contributed by atoms with Gasteiger partial charge in [-0.1, -0.05) is 0 Å². The zero-order valence-electron chi connectivity index (χ0n) is 13.7. The van der Waals surface area contributed by atoms with Gasteiger partial charge >= 0.3 is 17.2 Å². The number of pyridine rings is 1. The van der Waals surface area contributed by atoms with Gasteiger partial charge < -0.3 is 9.30 Å². The van der Waals surface area contributed by atoms with Crippen LogP contribution >= 0.6 is 11.3 Å². The summed E-state index contributed by atoms with van der Waals surface area (Å²) in [7, 11) is 1.12. The van der Waals surface area contributed by atoms with Gasteiger partial charge in [-0.2, -0.15) is 0 Å². The summed E-state index contributed by atoms with van der Waals surface area (Å²) in [5.74, 6) is -0.820. The molecule has 0 amide bonds. The van der Waals surface area contributed by atoms with Crippen molar-refractivity contribution < 1.29 is 14.5 Å². The Bertz CT molecular complexity index is 1160. The molecule has 0 saturated carbocycles. The van der Waals surface area contributed by atoms with Crippen molar-refractivity contribution in [3.63, 3.8) is 0 Å². The lowest BCUT2D eigenvalue weighted by atomic mass is 10.2. The number of fused-ring (bicyclic) bond motifs is 1. The lowest BCUT2D eigenvalue weighted by molar-refractivity contribution is -0.386. The maximum Gasteiger partial charge on any atom is 0.339 e. The molecule has 3 heterocycles. The number of hydrogen-bond donors (Lipinski definition) is 0. The van der Waals surface area contributed by atoms with Gasteiger partial charge in [0.1, 0.15) is 0 Å². The quantitative estimate of drug-likeness (QED) is 0.377. The Morgan fingerprint density at radius 1 is 1.38 bits per heavy atom. The van der Waals surface area contributed by atoms with Crippen molar-refractivity contribution in [1.29, 1.82) is 0 Å². The van der Waals surface area contributed by atoms with Crippen LogP contribution in [0.4, 0.5) is 5.69 Å². The molecule has 134 valence electrons. The molecule has 10 nitrogen and oxygen atoms in total. The fourth-order valence-corrected chi connectivity index (χ4v) is 3.34. The van der Waals surface area contributed by atoms with Crippen LogP contribution in [0.3, 0.4) is 0 Å². The van der Waals surface area contributed by atoms with Crippen LogP contribution in [0, 0.1) is 17.0 Å². The summed E-state index contributed by atoms with van der Waals surface area (Å²) in [5, 5.41) is 12.9. The van der Waals surface area contributed by atoms with Gasteiger partial charge in [0.05, 0.1) is 29.8 Å². The van der Waals surface area contributed by atoms with Crippen LogP contribution in [0.5, 0.6) is 0 Å². The number of nitrogens with zero attached hydrogens (tertiary/aromatic N) is 4. The van der Waals surface area contributed by atoms with Crippen molar-refractivity contribution in [2.24, 2.45) is 0 Å². The summed E-state index contributed by atoms with van der Waals surface area (Å²) in [5.41, 5.74) is -1.17. The third kappa shape index (κ3) is 2.99. The van der Waals surface area contributed by atoms with Crippen LogP contribution in [0.2, 0.25) is 0 Å². The molecule has 0 aliphatic rings. The summed E-state index contributed by atoms with van der Waals surface area (Å²) >= 11 is 1.26. The van der Waals surface area contributed by atoms with E-state index in [0.717, 1.165) is 29.6 Å². The molecule has 0 aromatic carbocycles. The van der Waals surface area contributed by atoms with Crippen LogP contribution in [0.1, 0.15) is 21.7 Å². The number of aryl methyl sites for hydroxylation is 1. The van der Waals surface area contributed by atoms with Crippen molar-refractivity contribution in [3.8, 4) is 0 Å². The molecule has 0 N–H and O–H groups in total. The highest BCUT2D eigenvalue weighted by Crippen LogP contribution is 2.13. The molecule has 0 aliphatic heterocycles. The third-order valence-electron chi connectivity index (χ3n) is 3.65. The van der Waals surface area contributed by atoms with Crippen molar-refractivity contribution in [2.75, 3.05) is 7.11 Å². The molecule has 3 rings (SSSR count). The first-order valence-electron chi connectivity index (χ1n) is 7.25. The number of ether oxygens (including phenoxy) is 1. The highest BCUT2D eigenvalue weighted by molar-refractivity contribution is 7.15. The second-order valence-electron chi connectivity index (χ2n) is 5.38. The molecule has 0 atom stereocenters. The monoisotopic (exact) mass is 376 g/mol. The molecule has 0 spiro atoms. The maximum absolute atomic E-state index is 12.3. The van der Waals surface area contributed by atoms with Crippen molar-refractivity contribution in [2.45, 2.75) is 13.5 Å².